The second-order valence-corrected chi connectivity index (χ2v) is 7.59. The van der Waals surface area contributed by atoms with E-state index in [9.17, 15) is 13.2 Å². The van der Waals surface area contributed by atoms with Crippen LogP contribution in [-0.4, -0.2) is 63.7 Å². The zero-order chi connectivity index (χ0) is 16.9. The van der Waals surface area contributed by atoms with Crippen molar-refractivity contribution >= 4 is 46.4 Å². The number of hydrogen-bond acceptors (Lipinski definition) is 5. The van der Waals surface area contributed by atoms with E-state index in [2.05, 4.69) is 16.3 Å². The molecule has 0 radical (unpaired) electrons. The summed E-state index contributed by atoms with van der Waals surface area (Å²) in [5.74, 6) is -1.02. The molecule has 25 heavy (non-hydrogen) atoms. The maximum atomic E-state index is 12.3. The lowest BCUT2D eigenvalue weighted by Gasteiger charge is -2.35. The minimum Gasteiger partial charge on any atom is -0.369 e. The number of aryl methyl sites for hydroxylation is 1. The van der Waals surface area contributed by atoms with E-state index in [0.29, 0.717) is 32.7 Å². The molecule has 3 N–H and O–H groups in total. The van der Waals surface area contributed by atoms with Crippen LogP contribution in [-0.2, 0) is 14.8 Å². The quantitative estimate of drug-likeness (QED) is 0.703. The zero-order valence-electron chi connectivity index (χ0n) is 14.2. The van der Waals surface area contributed by atoms with Crippen molar-refractivity contribution in [1.82, 2.24) is 9.62 Å². The summed E-state index contributed by atoms with van der Waals surface area (Å²) in [5.41, 5.74) is 7.56. The first-order chi connectivity index (χ1) is 10.9. The fraction of sp³-hybridized carbons (Fsp3) is 0.533. The number of amides is 1. The lowest BCUT2D eigenvalue weighted by atomic mass is 10.2. The first-order valence-corrected chi connectivity index (χ1v) is 9.29. The molecule has 1 saturated heterocycles. The average Bonchev–Trinajstić information content (AvgIpc) is 2.52. The van der Waals surface area contributed by atoms with E-state index in [1.165, 1.54) is 9.87 Å². The predicted octanol–water partition coefficient (Wildman–Crippen LogP) is 0.365. The molecule has 0 spiro atoms. The van der Waals surface area contributed by atoms with Crippen molar-refractivity contribution in [2.24, 2.45) is 5.73 Å². The number of carbonyl (C=O) groups is 1. The van der Waals surface area contributed by atoms with Crippen LogP contribution in [0.25, 0.3) is 0 Å². The number of anilines is 1. The van der Waals surface area contributed by atoms with Gasteiger partial charge in [0, 0.05) is 45.0 Å². The molecule has 1 amide bonds. The number of carbonyl (C=O) groups excluding carboxylic acids is 1. The maximum absolute atomic E-state index is 12.3. The van der Waals surface area contributed by atoms with Crippen molar-refractivity contribution in [2.45, 2.75) is 6.92 Å². The van der Waals surface area contributed by atoms with Crippen molar-refractivity contribution < 1.29 is 13.2 Å². The summed E-state index contributed by atoms with van der Waals surface area (Å²) in [6.07, 6.45) is 0. The average molecular weight is 413 g/mol. The van der Waals surface area contributed by atoms with Crippen LogP contribution in [0, 0.1) is 6.92 Å². The van der Waals surface area contributed by atoms with Gasteiger partial charge in [0.25, 0.3) is 0 Å². The third kappa shape index (κ3) is 6.99. The van der Waals surface area contributed by atoms with Crippen LogP contribution in [0.15, 0.2) is 24.3 Å². The van der Waals surface area contributed by atoms with Gasteiger partial charge in [0.15, 0.2) is 0 Å². The van der Waals surface area contributed by atoms with Crippen molar-refractivity contribution in [2.75, 3.05) is 49.9 Å². The summed E-state index contributed by atoms with van der Waals surface area (Å²) >= 11 is 0. The number of nitrogens with zero attached hydrogens (tertiary/aromatic N) is 2. The second kappa shape index (κ2) is 10.8. The Balaban J connectivity index is 0.00000288. The van der Waals surface area contributed by atoms with Gasteiger partial charge >= 0.3 is 0 Å². The Morgan fingerprint density at radius 2 is 1.84 bits per heavy atom. The van der Waals surface area contributed by atoms with Gasteiger partial charge in [-0.2, -0.15) is 4.31 Å². The van der Waals surface area contributed by atoms with Gasteiger partial charge in [-0.3, -0.25) is 4.79 Å². The molecule has 1 aliphatic rings. The molecule has 1 aromatic rings. The van der Waals surface area contributed by atoms with E-state index in [4.69, 9.17) is 5.73 Å². The van der Waals surface area contributed by atoms with Gasteiger partial charge < -0.3 is 16.0 Å². The second-order valence-electron chi connectivity index (χ2n) is 5.62. The summed E-state index contributed by atoms with van der Waals surface area (Å²) in [7, 11) is -3.57. The van der Waals surface area contributed by atoms with E-state index < -0.39 is 21.7 Å². The summed E-state index contributed by atoms with van der Waals surface area (Å²) in [6.45, 7) is 4.63. The molecule has 10 heteroatoms. The van der Waals surface area contributed by atoms with Crippen LogP contribution in [0.5, 0.6) is 0 Å². The van der Waals surface area contributed by atoms with Gasteiger partial charge in [0.1, 0.15) is 5.75 Å². The summed E-state index contributed by atoms with van der Waals surface area (Å²) < 4.78 is 25.9. The molecule has 0 bridgehead atoms. The number of piperazine rings is 1. The molecule has 0 aromatic heterocycles. The largest absolute Gasteiger partial charge is 0.369 e. The van der Waals surface area contributed by atoms with Gasteiger partial charge in [0.2, 0.25) is 15.9 Å². The minimum atomic E-state index is -3.57. The number of nitrogens with two attached hydrogens (primary N) is 1. The summed E-state index contributed by atoms with van der Waals surface area (Å²) in [4.78, 5) is 13.8. The molecule has 0 aliphatic carbocycles. The SMILES string of the molecule is Cc1cccc(N2CCN(S(=O)(=O)CC(=O)NCCN)CC2)c1.Cl.Cl. The monoisotopic (exact) mass is 412 g/mol. The summed E-state index contributed by atoms with van der Waals surface area (Å²) in [5, 5.41) is 2.49. The predicted molar refractivity (Wildman–Crippen MR) is 105 cm³/mol. The molecular formula is C15H26Cl2N4O3S. The molecule has 1 heterocycles. The third-order valence-corrected chi connectivity index (χ3v) is 5.56. The number of halogens is 2. The molecule has 0 saturated carbocycles. The lowest BCUT2D eigenvalue weighted by Crippen LogP contribution is -2.50. The van der Waals surface area contributed by atoms with Crippen molar-refractivity contribution in [3.63, 3.8) is 0 Å². The van der Waals surface area contributed by atoms with E-state index in [1.807, 2.05) is 25.1 Å². The number of nitrogens with one attached hydrogen (secondary N) is 1. The van der Waals surface area contributed by atoms with E-state index in [1.54, 1.807) is 0 Å². The van der Waals surface area contributed by atoms with Gasteiger partial charge in [-0.15, -0.1) is 24.8 Å². The van der Waals surface area contributed by atoms with Crippen LogP contribution >= 0.6 is 24.8 Å². The highest BCUT2D eigenvalue weighted by molar-refractivity contribution is 7.89. The van der Waals surface area contributed by atoms with Crippen molar-refractivity contribution in [3.8, 4) is 0 Å². The zero-order valence-corrected chi connectivity index (χ0v) is 16.6. The molecule has 144 valence electrons. The molecule has 0 unspecified atom stereocenters. The van der Waals surface area contributed by atoms with Crippen molar-refractivity contribution in [3.05, 3.63) is 29.8 Å². The molecule has 7 nitrogen and oxygen atoms in total. The molecule has 1 aromatic carbocycles. The van der Waals surface area contributed by atoms with Crippen LogP contribution in [0.3, 0.4) is 0 Å². The lowest BCUT2D eigenvalue weighted by molar-refractivity contribution is -0.118. The minimum absolute atomic E-state index is 0. The Labute approximate surface area is 161 Å². The molecule has 1 aliphatic heterocycles. The van der Waals surface area contributed by atoms with Crippen molar-refractivity contribution in [1.29, 1.82) is 0 Å². The molecular weight excluding hydrogens is 387 g/mol. The highest BCUT2D eigenvalue weighted by Gasteiger charge is 2.28. The number of sulfonamides is 1. The van der Waals surface area contributed by atoms with Gasteiger partial charge in [0.05, 0.1) is 0 Å². The Morgan fingerprint density at radius 1 is 1.20 bits per heavy atom. The standard InChI is InChI=1S/C15H24N4O3S.2ClH/c1-13-3-2-4-14(11-13)18-7-9-19(10-8-18)23(21,22)12-15(20)17-6-5-16;;/h2-4,11H,5-10,12,16H2,1H3,(H,17,20);2*1H. The Kier molecular flexibility index (Phi) is 10.4. The Morgan fingerprint density at radius 3 is 2.40 bits per heavy atom. The van der Waals surface area contributed by atoms with E-state index in [-0.39, 0.29) is 31.4 Å². The number of hydrogen-bond donors (Lipinski definition) is 2. The highest BCUT2D eigenvalue weighted by atomic mass is 35.5. The fourth-order valence-corrected chi connectivity index (χ4v) is 3.90. The first-order valence-electron chi connectivity index (χ1n) is 7.68. The molecule has 0 atom stereocenters. The smallest absolute Gasteiger partial charge is 0.236 e. The van der Waals surface area contributed by atoms with Gasteiger partial charge in [-0.1, -0.05) is 12.1 Å². The van der Waals surface area contributed by atoms with Gasteiger partial charge in [-0.05, 0) is 24.6 Å². The topological polar surface area (TPSA) is 95.7 Å². The highest BCUT2D eigenvalue weighted by Crippen LogP contribution is 2.18. The number of rotatable bonds is 6. The van der Waals surface area contributed by atoms with Crippen LogP contribution in [0.1, 0.15) is 5.56 Å². The van der Waals surface area contributed by atoms with Crippen LogP contribution in [0.2, 0.25) is 0 Å². The van der Waals surface area contributed by atoms with Crippen LogP contribution < -0.4 is 16.0 Å². The first kappa shape index (κ1) is 23.9. The normalized spacial score (nSPS) is 15.0. The third-order valence-electron chi connectivity index (χ3n) is 3.78. The van der Waals surface area contributed by atoms with Crippen LogP contribution in [0.4, 0.5) is 5.69 Å². The van der Waals surface area contributed by atoms with E-state index >= 15 is 0 Å². The van der Waals surface area contributed by atoms with Gasteiger partial charge in [-0.25, -0.2) is 8.42 Å². The summed E-state index contributed by atoms with van der Waals surface area (Å²) in [6, 6.07) is 8.14. The maximum Gasteiger partial charge on any atom is 0.236 e. The molecule has 2 rings (SSSR count). The molecule has 1 fully saturated rings. The Bertz CT molecular complexity index is 650. The fourth-order valence-electron chi connectivity index (χ4n) is 2.57. The Hall–Kier alpha value is -1.06. The van der Waals surface area contributed by atoms with E-state index in [0.717, 1.165) is 5.69 Å². The number of benzene rings is 1.